The fourth-order valence-electron chi connectivity index (χ4n) is 5.06. The number of aryl methyl sites for hydroxylation is 1. The van der Waals surface area contributed by atoms with E-state index in [0.717, 1.165) is 32.1 Å². The van der Waals surface area contributed by atoms with Gasteiger partial charge in [-0.1, -0.05) is 43.3 Å². The van der Waals surface area contributed by atoms with Crippen LogP contribution in [-0.2, 0) is 6.42 Å². The van der Waals surface area contributed by atoms with Crippen molar-refractivity contribution in [3.8, 4) is 6.07 Å². The van der Waals surface area contributed by atoms with Crippen molar-refractivity contribution in [1.29, 1.82) is 5.26 Å². The molecule has 0 aliphatic heterocycles. The Bertz CT molecular complexity index is 693. The van der Waals surface area contributed by atoms with Crippen molar-refractivity contribution in [2.24, 2.45) is 17.8 Å². The number of rotatable bonds is 5. The number of nitriles is 1. The van der Waals surface area contributed by atoms with Crippen LogP contribution < -0.4 is 0 Å². The van der Waals surface area contributed by atoms with E-state index in [1.165, 1.54) is 48.5 Å². The van der Waals surface area contributed by atoms with E-state index in [9.17, 15) is 4.39 Å². The van der Waals surface area contributed by atoms with E-state index in [-0.39, 0.29) is 5.92 Å². The van der Waals surface area contributed by atoms with E-state index < -0.39 is 5.83 Å². The van der Waals surface area contributed by atoms with E-state index in [0.29, 0.717) is 17.8 Å². The van der Waals surface area contributed by atoms with Gasteiger partial charge in [-0.25, -0.2) is 0 Å². The fraction of sp³-hybridized carbons (Fsp3) is 0.560. The molecule has 2 aliphatic carbocycles. The zero-order valence-corrected chi connectivity index (χ0v) is 16.6. The second-order valence-corrected chi connectivity index (χ2v) is 8.46. The number of halogens is 1. The van der Waals surface area contributed by atoms with Crippen LogP contribution in [0.15, 0.2) is 48.3 Å². The first kappa shape index (κ1) is 19.9. The summed E-state index contributed by atoms with van der Waals surface area (Å²) in [5.74, 6) is 1.56. The van der Waals surface area contributed by atoms with E-state index in [4.69, 9.17) is 5.26 Å². The highest BCUT2D eigenvalue weighted by atomic mass is 19.1. The average Bonchev–Trinajstić information content (AvgIpc) is 2.74. The summed E-state index contributed by atoms with van der Waals surface area (Å²) in [4.78, 5) is 0. The third kappa shape index (κ3) is 5.10. The molecule has 0 aromatic heterocycles. The van der Waals surface area contributed by atoms with Gasteiger partial charge in [-0.05, 0) is 98.7 Å². The molecule has 3 rings (SSSR count). The summed E-state index contributed by atoms with van der Waals surface area (Å²) < 4.78 is 13.2. The molecule has 0 spiro atoms. The van der Waals surface area contributed by atoms with Gasteiger partial charge >= 0.3 is 0 Å². The summed E-state index contributed by atoms with van der Waals surface area (Å²) in [5.41, 5.74) is 4.36. The van der Waals surface area contributed by atoms with E-state index in [1.807, 2.05) is 0 Å². The number of allylic oxidation sites excluding steroid dienone is 3. The molecule has 0 bridgehead atoms. The highest BCUT2D eigenvalue weighted by Gasteiger charge is 2.29. The van der Waals surface area contributed by atoms with Gasteiger partial charge < -0.3 is 0 Å². The Labute approximate surface area is 164 Å². The lowest BCUT2D eigenvalue weighted by Gasteiger charge is -2.35. The third-order valence-corrected chi connectivity index (χ3v) is 6.90. The summed E-state index contributed by atoms with van der Waals surface area (Å²) in [6, 6.07) is 10.8. The largest absolute Gasteiger partial charge is 0.196 e. The molecule has 0 amide bonds. The minimum Gasteiger partial charge on any atom is -0.195 e. The second-order valence-electron chi connectivity index (χ2n) is 8.46. The van der Waals surface area contributed by atoms with Crippen LogP contribution in [0.4, 0.5) is 4.39 Å². The Morgan fingerprint density at radius 1 is 1.04 bits per heavy atom. The van der Waals surface area contributed by atoms with Gasteiger partial charge in [-0.15, -0.1) is 0 Å². The molecule has 0 radical (unpaired) electrons. The Kier molecular flexibility index (Phi) is 6.89. The van der Waals surface area contributed by atoms with Crippen LogP contribution in [0.2, 0.25) is 0 Å². The number of hydrogen-bond acceptors (Lipinski definition) is 1. The lowest BCUT2D eigenvalue weighted by molar-refractivity contribution is 0.289. The molecule has 2 saturated carbocycles. The van der Waals surface area contributed by atoms with Crippen LogP contribution in [-0.4, -0.2) is 0 Å². The summed E-state index contributed by atoms with van der Waals surface area (Å²) >= 11 is 0. The average molecular weight is 366 g/mol. The molecule has 27 heavy (non-hydrogen) atoms. The maximum absolute atomic E-state index is 13.2. The molecular formula is C25H32FN. The van der Waals surface area contributed by atoms with Crippen LogP contribution in [0.3, 0.4) is 0 Å². The molecule has 2 heteroatoms. The predicted octanol–water partition coefficient (Wildman–Crippen LogP) is 7.26. The normalized spacial score (nSPS) is 29.1. The van der Waals surface area contributed by atoms with Gasteiger partial charge in [0.25, 0.3) is 0 Å². The Balaban J connectivity index is 1.48. The molecular weight excluding hydrogens is 333 g/mol. The number of nitrogens with zero attached hydrogens (tertiary/aromatic N) is 1. The fourth-order valence-corrected chi connectivity index (χ4v) is 5.06. The van der Waals surface area contributed by atoms with Crippen LogP contribution >= 0.6 is 0 Å². The zero-order chi connectivity index (χ0) is 19.2. The van der Waals surface area contributed by atoms with Crippen molar-refractivity contribution in [3.63, 3.8) is 0 Å². The molecule has 2 aliphatic rings. The summed E-state index contributed by atoms with van der Waals surface area (Å²) in [7, 11) is 0. The SMILES string of the molecule is C=C(C1CCC(C=C(F)C#N)CC1)C1CCC(c2ccc(CC)cc2)CC1. The van der Waals surface area contributed by atoms with E-state index >= 15 is 0 Å². The minimum absolute atomic E-state index is 0.232. The molecule has 0 heterocycles. The lowest BCUT2D eigenvalue weighted by atomic mass is 9.70. The molecule has 0 atom stereocenters. The van der Waals surface area contributed by atoms with Gasteiger partial charge in [0.05, 0.1) is 0 Å². The van der Waals surface area contributed by atoms with Crippen molar-refractivity contribution in [1.82, 2.24) is 0 Å². The van der Waals surface area contributed by atoms with Gasteiger partial charge in [0, 0.05) is 0 Å². The maximum atomic E-state index is 13.2. The highest BCUT2D eigenvalue weighted by molar-refractivity contribution is 5.26. The summed E-state index contributed by atoms with van der Waals surface area (Å²) in [6.45, 7) is 6.69. The van der Waals surface area contributed by atoms with Gasteiger partial charge in [-0.3, -0.25) is 0 Å². The molecule has 0 saturated heterocycles. The molecule has 2 fully saturated rings. The highest BCUT2D eigenvalue weighted by Crippen LogP contribution is 2.43. The van der Waals surface area contributed by atoms with Crippen molar-refractivity contribution >= 4 is 0 Å². The minimum atomic E-state index is -0.623. The molecule has 0 N–H and O–H groups in total. The van der Waals surface area contributed by atoms with Gasteiger partial charge in [0.2, 0.25) is 0 Å². The topological polar surface area (TPSA) is 23.8 Å². The molecule has 1 nitrogen and oxygen atoms in total. The van der Waals surface area contributed by atoms with Gasteiger partial charge in [0.1, 0.15) is 6.07 Å². The molecule has 1 aromatic carbocycles. The van der Waals surface area contributed by atoms with Crippen LogP contribution in [0.1, 0.15) is 75.3 Å². The summed E-state index contributed by atoms with van der Waals surface area (Å²) in [5, 5.41) is 8.60. The van der Waals surface area contributed by atoms with Gasteiger partial charge in [-0.2, -0.15) is 9.65 Å². The second kappa shape index (κ2) is 9.36. The van der Waals surface area contributed by atoms with Crippen molar-refractivity contribution < 1.29 is 4.39 Å². The molecule has 0 unspecified atom stereocenters. The number of hydrogen-bond donors (Lipinski definition) is 0. The first-order valence-corrected chi connectivity index (χ1v) is 10.7. The maximum Gasteiger partial charge on any atom is 0.196 e. The number of benzene rings is 1. The van der Waals surface area contributed by atoms with Gasteiger partial charge in [0.15, 0.2) is 5.83 Å². The lowest BCUT2D eigenvalue weighted by Crippen LogP contribution is -2.22. The zero-order valence-electron chi connectivity index (χ0n) is 16.6. The molecule has 1 aromatic rings. The predicted molar refractivity (Wildman–Crippen MR) is 110 cm³/mol. The van der Waals surface area contributed by atoms with Crippen LogP contribution in [0, 0.1) is 29.1 Å². The first-order valence-electron chi connectivity index (χ1n) is 10.7. The van der Waals surface area contributed by atoms with Crippen LogP contribution in [0.25, 0.3) is 0 Å². The quantitative estimate of drug-likeness (QED) is 0.398. The first-order chi connectivity index (χ1) is 13.1. The smallest absolute Gasteiger partial charge is 0.195 e. The van der Waals surface area contributed by atoms with Crippen molar-refractivity contribution in [2.45, 2.75) is 70.6 Å². The van der Waals surface area contributed by atoms with Crippen molar-refractivity contribution in [3.05, 3.63) is 59.4 Å². The Morgan fingerprint density at radius 2 is 1.59 bits per heavy atom. The Morgan fingerprint density at radius 3 is 2.11 bits per heavy atom. The van der Waals surface area contributed by atoms with Crippen LogP contribution in [0.5, 0.6) is 0 Å². The standard InChI is InChI=1S/C25H32FN/c1-3-19-4-10-23(11-5-19)24-14-12-22(13-15-24)18(2)21-8-6-20(7-9-21)16-25(26)17-27/h4-5,10-11,16,20-22,24H,2-3,6-9,12-15H2,1H3. The third-order valence-electron chi connectivity index (χ3n) is 6.90. The van der Waals surface area contributed by atoms with E-state index in [1.54, 1.807) is 6.07 Å². The monoisotopic (exact) mass is 365 g/mol. The summed E-state index contributed by atoms with van der Waals surface area (Å²) in [6.07, 6.45) is 11.8. The van der Waals surface area contributed by atoms with E-state index in [2.05, 4.69) is 37.8 Å². The molecule has 144 valence electrons. The Hall–Kier alpha value is -1.88. The van der Waals surface area contributed by atoms with Crippen molar-refractivity contribution in [2.75, 3.05) is 0 Å².